The van der Waals surface area contributed by atoms with Crippen molar-refractivity contribution in [3.05, 3.63) is 35.4 Å². The Morgan fingerprint density at radius 3 is 2.80 bits per heavy atom. The summed E-state index contributed by atoms with van der Waals surface area (Å²) in [4.78, 5) is 0. The molecule has 2 nitrogen and oxygen atoms in total. The third kappa shape index (κ3) is 3.62. The summed E-state index contributed by atoms with van der Waals surface area (Å²) >= 11 is 0. The Kier molecular flexibility index (Phi) is 5.10. The van der Waals surface area contributed by atoms with Crippen LogP contribution in [0.2, 0.25) is 0 Å². The van der Waals surface area contributed by atoms with Gasteiger partial charge in [0.15, 0.2) is 0 Å². The third-order valence-corrected chi connectivity index (χ3v) is 4.82. The minimum absolute atomic E-state index is 0.548. The molecule has 110 valence electrons. The van der Waals surface area contributed by atoms with Gasteiger partial charge in [-0.15, -0.1) is 0 Å². The van der Waals surface area contributed by atoms with E-state index in [0.29, 0.717) is 12.0 Å². The summed E-state index contributed by atoms with van der Waals surface area (Å²) in [6.45, 7) is 2.97. The lowest BCUT2D eigenvalue weighted by Gasteiger charge is -2.25. The van der Waals surface area contributed by atoms with Crippen molar-refractivity contribution in [1.82, 2.24) is 5.32 Å². The molecule has 1 saturated carbocycles. The molecule has 0 heterocycles. The van der Waals surface area contributed by atoms with E-state index >= 15 is 0 Å². The van der Waals surface area contributed by atoms with Crippen LogP contribution in [-0.2, 0) is 11.2 Å². The average molecular weight is 273 g/mol. The highest BCUT2D eigenvalue weighted by Gasteiger charge is 2.19. The van der Waals surface area contributed by atoms with Crippen LogP contribution < -0.4 is 5.32 Å². The van der Waals surface area contributed by atoms with Crippen molar-refractivity contribution in [2.75, 3.05) is 19.7 Å². The predicted molar refractivity (Wildman–Crippen MR) is 83.2 cm³/mol. The first-order valence-corrected chi connectivity index (χ1v) is 8.33. The zero-order valence-corrected chi connectivity index (χ0v) is 12.4. The average Bonchev–Trinajstić information content (AvgIpc) is 3.00. The molecule has 1 aromatic carbocycles. The molecule has 2 aliphatic rings. The molecule has 0 spiro atoms. The molecule has 1 N–H and O–H groups in total. The highest BCUT2D eigenvalue weighted by Crippen LogP contribution is 2.30. The minimum Gasteiger partial charge on any atom is -0.377 e. The standard InChI is InChI=1S/C18H27NO/c1-4-11-18-15(6-1)7-5-8-16(18)14-19-12-13-20-17-9-2-3-10-17/h1,4,6,11,16-17,19H,2-3,5,7-10,12-14H2. The lowest BCUT2D eigenvalue weighted by Crippen LogP contribution is -2.28. The van der Waals surface area contributed by atoms with Gasteiger partial charge in [0.1, 0.15) is 0 Å². The summed E-state index contributed by atoms with van der Waals surface area (Å²) in [7, 11) is 0. The van der Waals surface area contributed by atoms with E-state index in [1.54, 1.807) is 11.1 Å². The Morgan fingerprint density at radius 2 is 1.90 bits per heavy atom. The van der Waals surface area contributed by atoms with Crippen LogP contribution in [0.4, 0.5) is 0 Å². The van der Waals surface area contributed by atoms with Crippen LogP contribution in [0.15, 0.2) is 24.3 Å². The van der Waals surface area contributed by atoms with E-state index in [0.717, 1.165) is 19.7 Å². The molecule has 1 fully saturated rings. The maximum Gasteiger partial charge on any atom is 0.0594 e. The number of rotatable bonds is 6. The van der Waals surface area contributed by atoms with Crippen molar-refractivity contribution >= 4 is 0 Å². The number of ether oxygens (including phenoxy) is 1. The Balaban J connectivity index is 1.38. The minimum atomic E-state index is 0.548. The monoisotopic (exact) mass is 273 g/mol. The summed E-state index contributed by atoms with van der Waals surface area (Å²) in [5.74, 6) is 0.700. The fraction of sp³-hybridized carbons (Fsp3) is 0.667. The van der Waals surface area contributed by atoms with Crippen molar-refractivity contribution < 1.29 is 4.74 Å². The largest absolute Gasteiger partial charge is 0.377 e. The molecular weight excluding hydrogens is 246 g/mol. The van der Waals surface area contributed by atoms with Gasteiger partial charge in [0.25, 0.3) is 0 Å². The maximum atomic E-state index is 5.90. The van der Waals surface area contributed by atoms with Gasteiger partial charge in [-0.3, -0.25) is 0 Å². The molecule has 1 aromatic rings. The van der Waals surface area contributed by atoms with Crippen molar-refractivity contribution in [3.63, 3.8) is 0 Å². The second-order valence-corrected chi connectivity index (χ2v) is 6.27. The lowest BCUT2D eigenvalue weighted by atomic mass is 9.83. The van der Waals surface area contributed by atoms with Crippen LogP contribution >= 0.6 is 0 Å². The van der Waals surface area contributed by atoms with Crippen molar-refractivity contribution in [2.45, 2.75) is 57.0 Å². The van der Waals surface area contributed by atoms with E-state index in [4.69, 9.17) is 4.74 Å². The molecular formula is C18H27NO. The molecule has 2 aliphatic carbocycles. The van der Waals surface area contributed by atoms with E-state index in [-0.39, 0.29) is 0 Å². The van der Waals surface area contributed by atoms with Crippen LogP contribution in [0, 0.1) is 0 Å². The lowest BCUT2D eigenvalue weighted by molar-refractivity contribution is 0.0602. The first kappa shape index (κ1) is 14.1. The predicted octanol–water partition coefficient (Wildman–Crippen LogP) is 3.66. The van der Waals surface area contributed by atoms with Crippen LogP contribution in [0.3, 0.4) is 0 Å². The van der Waals surface area contributed by atoms with Gasteiger partial charge in [-0.2, -0.15) is 0 Å². The van der Waals surface area contributed by atoms with Gasteiger partial charge >= 0.3 is 0 Å². The van der Waals surface area contributed by atoms with E-state index in [1.165, 1.54) is 44.9 Å². The Hall–Kier alpha value is -0.860. The molecule has 20 heavy (non-hydrogen) atoms. The highest BCUT2D eigenvalue weighted by molar-refractivity contribution is 5.32. The maximum absolute atomic E-state index is 5.90. The summed E-state index contributed by atoms with van der Waals surface area (Å²) in [5, 5.41) is 3.59. The van der Waals surface area contributed by atoms with E-state index in [1.807, 2.05) is 0 Å². The number of aryl methyl sites for hydroxylation is 1. The molecule has 3 rings (SSSR count). The Morgan fingerprint density at radius 1 is 1.05 bits per heavy atom. The zero-order chi connectivity index (χ0) is 13.6. The van der Waals surface area contributed by atoms with Crippen LogP contribution in [-0.4, -0.2) is 25.8 Å². The van der Waals surface area contributed by atoms with Crippen LogP contribution in [0.25, 0.3) is 0 Å². The molecule has 0 saturated heterocycles. The topological polar surface area (TPSA) is 21.3 Å². The molecule has 2 heteroatoms. The zero-order valence-electron chi connectivity index (χ0n) is 12.4. The number of benzene rings is 1. The quantitative estimate of drug-likeness (QED) is 0.799. The second-order valence-electron chi connectivity index (χ2n) is 6.27. The van der Waals surface area contributed by atoms with Crippen molar-refractivity contribution in [2.24, 2.45) is 0 Å². The van der Waals surface area contributed by atoms with Gasteiger partial charge < -0.3 is 10.1 Å². The molecule has 0 aromatic heterocycles. The van der Waals surface area contributed by atoms with E-state index < -0.39 is 0 Å². The molecule has 0 radical (unpaired) electrons. The number of fused-ring (bicyclic) bond motifs is 1. The summed E-state index contributed by atoms with van der Waals surface area (Å²) < 4.78 is 5.90. The summed E-state index contributed by atoms with van der Waals surface area (Å²) in [5.41, 5.74) is 3.13. The fourth-order valence-corrected chi connectivity index (χ4v) is 3.70. The molecule has 0 bridgehead atoms. The molecule has 1 atom stereocenters. The molecule has 1 unspecified atom stereocenters. The molecule has 0 aliphatic heterocycles. The van der Waals surface area contributed by atoms with Gasteiger partial charge in [-0.25, -0.2) is 0 Å². The fourth-order valence-electron chi connectivity index (χ4n) is 3.70. The van der Waals surface area contributed by atoms with Gasteiger partial charge in [0.2, 0.25) is 0 Å². The first-order valence-electron chi connectivity index (χ1n) is 8.33. The van der Waals surface area contributed by atoms with Crippen molar-refractivity contribution in [1.29, 1.82) is 0 Å². The van der Waals surface area contributed by atoms with E-state index in [2.05, 4.69) is 29.6 Å². The number of nitrogens with one attached hydrogen (secondary N) is 1. The second kappa shape index (κ2) is 7.24. The van der Waals surface area contributed by atoms with Gasteiger partial charge in [0.05, 0.1) is 12.7 Å². The molecule has 0 amide bonds. The Bertz CT molecular complexity index is 412. The normalized spacial score (nSPS) is 22.9. The number of hydrogen-bond acceptors (Lipinski definition) is 2. The van der Waals surface area contributed by atoms with Crippen LogP contribution in [0.5, 0.6) is 0 Å². The smallest absolute Gasteiger partial charge is 0.0594 e. The SMILES string of the molecule is c1ccc2c(c1)CCCC2CNCCOC1CCCC1. The summed E-state index contributed by atoms with van der Waals surface area (Å²) in [6, 6.07) is 8.96. The third-order valence-electron chi connectivity index (χ3n) is 4.82. The Labute approximate surface area is 122 Å². The highest BCUT2D eigenvalue weighted by atomic mass is 16.5. The van der Waals surface area contributed by atoms with Crippen molar-refractivity contribution in [3.8, 4) is 0 Å². The number of hydrogen-bond donors (Lipinski definition) is 1. The van der Waals surface area contributed by atoms with Gasteiger partial charge in [-0.05, 0) is 49.1 Å². The van der Waals surface area contributed by atoms with Gasteiger partial charge in [-0.1, -0.05) is 37.1 Å². The van der Waals surface area contributed by atoms with Gasteiger partial charge in [0, 0.05) is 13.1 Å². The van der Waals surface area contributed by atoms with E-state index in [9.17, 15) is 0 Å². The summed E-state index contributed by atoms with van der Waals surface area (Å²) in [6.07, 6.45) is 9.74. The van der Waals surface area contributed by atoms with Crippen LogP contribution in [0.1, 0.15) is 55.6 Å². The first-order chi connectivity index (χ1) is 9.93.